The Balaban J connectivity index is 1.55. The van der Waals surface area contributed by atoms with Gasteiger partial charge in [-0.25, -0.2) is 4.98 Å². The molecule has 0 amide bonds. The van der Waals surface area contributed by atoms with E-state index in [1.807, 2.05) is 18.2 Å². The van der Waals surface area contributed by atoms with Crippen molar-refractivity contribution in [2.45, 2.75) is 44.4 Å². The molecule has 1 fully saturated rings. The van der Waals surface area contributed by atoms with Crippen molar-refractivity contribution in [2.24, 2.45) is 0 Å². The van der Waals surface area contributed by atoms with Crippen LogP contribution in [-0.2, 0) is 6.54 Å². The quantitative estimate of drug-likeness (QED) is 0.908. The molecule has 1 aromatic carbocycles. The van der Waals surface area contributed by atoms with Crippen LogP contribution < -0.4 is 5.32 Å². The van der Waals surface area contributed by atoms with Crippen LogP contribution in [0.3, 0.4) is 0 Å². The highest BCUT2D eigenvalue weighted by molar-refractivity contribution is 7.13. The Labute approximate surface area is 123 Å². The molecule has 1 saturated carbocycles. The van der Waals surface area contributed by atoms with Crippen LogP contribution >= 0.6 is 11.3 Å². The van der Waals surface area contributed by atoms with Gasteiger partial charge < -0.3 is 10.4 Å². The lowest BCUT2D eigenvalue weighted by Gasteiger charge is -2.25. The Kier molecular flexibility index (Phi) is 4.45. The molecule has 0 atom stereocenters. The average molecular weight is 288 g/mol. The molecule has 1 heterocycles. The Morgan fingerprint density at radius 1 is 1.15 bits per heavy atom. The molecule has 3 rings (SSSR count). The van der Waals surface area contributed by atoms with E-state index in [0.717, 1.165) is 42.9 Å². The smallest absolute Gasteiger partial charge is 0.123 e. The van der Waals surface area contributed by atoms with Crippen LogP contribution in [0.2, 0.25) is 0 Å². The Morgan fingerprint density at radius 3 is 2.65 bits per heavy atom. The lowest BCUT2D eigenvalue weighted by atomic mass is 9.93. The summed E-state index contributed by atoms with van der Waals surface area (Å²) in [7, 11) is 0. The van der Waals surface area contributed by atoms with E-state index < -0.39 is 0 Å². The molecule has 0 radical (unpaired) electrons. The van der Waals surface area contributed by atoms with Gasteiger partial charge in [0.25, 0.3) is 0 Å². The van der Waals surface area contributed by atoms with Crippen molar-refractivity contribution in [3.63, 3.8) is 0 Å². The molecule has 0 bridgehead atoms. The molecular weight excluding hydrogens is 268 g/mol. The monoisotopic (exact) mass is 288 g/mol. The van der Waals surface area contributed by atoms with Crippen molar-refractivity contribution in [1.82, 2.24) is 10.3 Å². The van der Waals surface area contributed by atoms with E-state index in [4.69, 9.17) is 0 Å². The van der Waals surface area contributed by atoms with Gasteiger partial charge in [0.15, 0.2) is 0 Å². The summed E-state index contributed by atoms with van der Waals surface area (Å²) in [4.78, 5) is 4.69. The second kappa shape index (κ2) is 6.48. The molecule has 4 heteroatoms. The molecule has 106 valence electrons. The van der Waals surface area contributed by atoms with Crippen LogP contribution in [0.15, 0.2) is 35.7 Å². The zero-order valence-electron chi connectivity index (χ0n) is 11.5. The van der Waals surface area contributed by atoms with Crippen LogP contribution in [0.1, 0.15) is 31.4 Å². The highest BCUT2D eigenvalue weighted by Crippen LogP contribution is 2.24. The van der Waals surface area contributed by atoms with Crippen molar-refractivity contribution in [3.8, 4) is 10.6 Å². The van der Waals surface area contributed by atoms with Gasteiger partial charge in [-0.15, -0.1) is 11.3 Å². The summed E-state index contributed by atoms with van der Waals surface area (Å²) in [5.74, 6) is 0. The van der Waals surface area contributed by atoms with E-state index in [2.05, 4.69) is 27.8 Å². The minimum atomic E-state index is -0.0861. The lowest BCUT2D eigenvalue weighted by Crippen LogP contribution is -2.34. The van der Waals surface area contributed by atoms with Crippen molar-refractivity contribution >= 4 is 11.3 Å². The molecule has 0 saturated heterocycles. The molecule has 3 nitrogen and oxygen atoms in total. The van der Waals surface area contributed by atoms with E-state index in [0.29, 0.717) is 6.04 Å². The summed E-state index contributed by atoms with van der Waals surface area (Å²) < 4.78 is 0. The number of aliphatic hydroxyl groups is 1. The predicted octanol–water partition coefficient (Wildman–Crippen LogP) is 3.20. The van der Waals surface area contributed by atoms with E-state index in [1.165, 1.54) is 5.56 Å². The second-order valence-electron chi connectivity index (χ2n) is 5.40. The number of hydrogen-bond acceptors (Lipinski definition) is 4. The largest absolute Gasteiger partial charge is 0.393 e. The number of benzene rings is 1. The fourth-order valence-corrected chi connectivity index (χ4v) is 3.46. The molecule has 1 aliphatic rings. The fourth-order valence-electron chi connectivity index (χ4n) is 2.63. The number of aliphatic hydroxyl groups excluding tert-OH is 1. The molecule has 0 unspecified atom stereocenters. The van der Waals surface area contributed by atoms with Gasteiger partial charge in [-0.05, 0) is 25.7 Å². The van der Waals surface area contributed by atoms with Crippen LogP contribution in [0, 0.1) is 0 Å². The minimum absolute atomic E-state index is 0.0861. The maximum absolute atomic E-state index is 9.50. The number of hydrogen-bond donors (Lipinski definition) is 2. The van der Waals surface area contributed by atoms with Gasteiger partial charge in [-0.1, -0.05) is 30.3 Å². The van der Waals surface area contributed by atoms with Gasteiger partial charge in [-0.3, -0.25) is 0 Å². The molecule has 2 N–H and O–H groups in total. The summed E-state index contributed by atoms with van der Waals surface area (Å²) in [5.41, 5.74) is 2.30. The molecule has 0 aliphatic heterocycles. The maximum Gasteiger partial charge on any atom is 0.123 e. The van der Waals surface area contributed by atoms with E-state index in [9.17, 15) is 5.11 Å². The SMILES string of the molecule is OC1CCC(NCc2csc(-c3ccccc3)n2)CC1. The Bertz CT molecular complexity index is 532. The van der Waals surface area contributed by atoms with Crippen LogP contribution in [0.5, 0.6) is 0 Å². The first-order valence-electron chi connectivity index (χ1n) is 7.22. The third-order valence-electron chi connectivity index (χ3n) is 3.84. The summed E-state index contributed by atoms with van der Waals surface area (Å²) in [5, 5.41) is 16.3. The standard InChI is InChI=1S/C16H20N2OS/c19-15-8-6-13(7-9-15)17-10-14-11-20-16(18-14)12-4-2-1-3-5-12/h1-5,11,13,15,17,19H,6-10H2. The van der Waals surface area contributed by atoms with Crippen molar-refractivity contribution in [2.75, 3.05) is 0 Å². The first-order chi connectivity index (χ1) is 9.81. The molecular formula is C16H20N2OS. The van der Waals surface area contributed by atoms with Gasteiger partial charge in [0.05, 0.1) is 11.8 Å². The first kappa shape index (κ1) is 13.7. The number of thiazole rings is 1. The molecule has 1 aromatic heterocycles. The minimum Gasteiger partial charge on any atom is -0.393 e. The number of nitrogens with one attached hydrogen (secondary N) is 1. The predicted molar refractivity (Wildman–Crippen MR) is 82.7 cm³/mol. The van der Waals surface area contributed by atoms with Crippen LogP contribution in [-0.4, -0.2) is 22.2 Å². The number of nitrogens with zero attached hydrogens (tertiary/aromatic N) is 1. The van der Waals surface area contributed by atoms with Crippen molar-refractivity contribution in [3.05, 3.63) is 41.4 Å². The third-order valence-corrected chi connectivity index (χ3v) is 4.78. The molecule has 2 aromatic rings. The zero-order chi connectivity index (χ0) is 13.8. The van der Waals surface area contributed by atoms with Gasteiger partial charge in [0, 0.05) is 23.5 Å². The Morgan fingerprint density at radius 2 is 1.90 bits per heavy atom. The molecule has 0 spiro atoms. The molecule has 20 heavy (non-hydrogen) atoms. The number of aromatic nitrogens is 1. The summed E-state index contributed by atoms with van der Waals surface area (Å²) in [6.45, 7) is 0.824. The van der Waals surface area contributed by atoms with Gasteiger partial charge in [0.1, 0.15) is 5.01 Å². The highest BCUT2D eigenvalue weighted by Gasteiger charge is 2.18. The van der Waals surface area contributed by atoms with Crippen LogP contribution in [0.4, 0.5) is 0 Å². The number of rotatable bonds is 4. The highest BCUT2D eigenvalue weighted by atomic mass is 32.1. The van der Waals surface area contributed by atoms with E-state index in [-0.39, 0.29) is 6.10 Å². The van der Waals surface area contributed by atoms with Crippen molar-refractivity contribution < 1.29 is 5.11 Å². The zero-order valence-corrected chi connectivity index (χ0v) is 12.3. The van der Waals surface area contributed by atoms with Gasteiger partial charge >= 0.3 is 0 Å². The van der Waals surface area contributed by atoms with E-state index >= 15 is 0 Å². The third kappa shape index (κ3) is 3.45. The fraction of sp³-hybridized carbons (Fsp3) is 0.438. The van der Waals surface area contributed by atoms with Gasteiger partial charge in [0.2, 0.25) is 0 Å². The van der Waals surface area contributed by atoms with Crippen LogP contribution in [0.25, 0.3) is 10.6 Å². The average Bonchev–Trinajstić information content (AvgIpc) is 2.97. The topological polar surface area (TPSA) is 45.1 Å². The summed E-state index contributed by atoms with van der Waals surface area (Å²) >= 11 is 1.70. The Hall–Kier alpha value is -1.23. The maximum atomic E-state index is 9.50. The first-order valence-corrected chi connectivity index (χ1v) is 8.10. The second-order valence-corrected chi connectivity index (χ2v) is 6.25. The van der Waals surface area contributed by atoms with E-state index in [1.54, 1.807) is 11.3 Å². The molecule has 1 aliphatic carbocycles. The van der Waals surface area contributed by atoms with Crippen molar-refractivity contribution in [1.29, 1.82) is 0 Å². The summed E-state index contributed by atoms with van der Waals surface area (Å²) in [6.07, 6.45) is 3.89. The normalized spacial score (nSPS) is 22.9. The van der Waals surface area contributed by atoms with Gasteiger partial charge in [-0.2, -0.15) is 0 Å². The lowest BCUT2D eigenvalue weighted by molar-refractivity contribution is 0.116. The summed E-state index contributed by atoms with van der Waals surface area (Å²) in [6, 6.07) is 10.8.